The minimum absolute atomic E-state index is 0.0233. The van der Waals surface area contributed by atoms with Crippen molar-refractivity contribution in [2.45, 2.75) is 12.8 Å². The molecule has 2 N–H and O–H groups in total. The number of ether oxygens (including phenoxy) is 1. The Hall–Kier alpha value is -2.18. The molecule has 1 fully saturated rings. The molecule has 6 nitrogen and oxygen atoms in total. The van der Waals surface area contributed by atoms with Crippen molar-refractivity contribution < 1.29 is 13.9 Å². The maximum Gasteiger partial charge on any atom is 0.251 e. The molecule has 2 heterocycles. The molecular weight excluding hydrogens is 306 g/mol. The van der Waals surface area contributed by atoms with Gasteiger partial charge in [0.15, 0.2) is 12.2 Å². The summed E-state index contributed by atoms with van der Waals surface area (Å²) in [7, 11) is 1.72. The average molecular weight is 329 g/mol. The van der Waals surface area contributed by atoms with Gasteiger partial charge in [0.05, 0.1) is 12.8 Å². The van der Waals surface area contributed by atoms with Crippen LogP contribution in [-0.2, 0) is 4.74 Å². The summed E-state index contributed by atoms with van der Waals surface area (Å²) in [6, 6.07) is 7.34. The van der Waals surface area contributed by atoms with Gasteiger partial charge in [-0.25, -0.2) is 4.98 Å². The van der Waals surface area contributed by atoms with Gasteiger partial charge in [-0.15, -0.1) is 0 Å². The predicted octanol–water partition coefficient (Wildman–Crippen LogP) is 2.09. The maximum absolute atomic E-state index is 12.4. The van der Waals surface area contributed by atoms with Gasteiger partial charge in [0.2, 0.25) is 0 Å². The van der Waals surface area contributed by atoms with Crippen LogP contribution in [0.1, 0.15) is 23.2 Å². The fraction of sp³-hybridized carbons (Fsp3) is 0.444. The highest BCUT2D eigenvalue weighted by Gasteiger charge is 2.32. The second-order valence-corrected chi connectivity index (χ2v) is 6.31. The molecule has 3 rings (SSSR count). The van der Waals surface area contributed by atoms with E-state index < -0.39 is 0 Å². The molecule has 1 amide bonds. The lowest BCUT2D eigenvalue weighted by atomic mass is 9.79. The zero-order valence-corrected chi connectivity index (χ0v) is 13.9. The molecule has 24 heavy (non-hydrogen) atoms. The van der Waals surface area contributed by atoms with Crippen LogP contribution < -0.4 is 10.6 Å². The van der Waals surface area contributed by atoms with Crippen molar-refractivity contribution in [3.63, 3.8) is 0 Å². The number of methoxy groups -OCH3 is 1. The number of piperidine rings is 1. The number of rotatable bonds is 6. The highest BCUT2D eigenvalue weighted by Crippen LogP contribution is 2.28. The number of benzene rings is 1. The molecule has 1 aliphatic heterocycles. The first-order chi connectivity index (χ1) is 11.7. The number of aromatic nitrogens is 1. The first-order valence-corrected chi connectivity index (χ1v) is 8.19. The minimum atomic E-state index is -0.0619. The van der Waals surface area contributed by atoms with Crippen molar-refractivity contribution in [1.29, 1.82) is 0 Å². The van der Waals surface area contributed by atoms with Crippen LogP contribution in [0.2, 0.25) is 0 Å². The highest BCUT2D eigenvalue weighted by molar-refractivity contribution is 5.94. The second-order valence-electron chi connectivity index (χ2n) is 6.31. The molecule has 2 aromatic rings. The lowest BCUT2D eigenvalue weighted by Crippen LogP contribution is -2.47. The molecule has 128 valence electrons. The Morgan fingerprint density at radius 2 is 2.08 bits per heavy atom. The molecule has 1 aromatic carbocycles. The number of hydrogen-bond donors (Lipinski definition) is 2. The summed E-state index contributed by atoms with van der Waals surface area (Å²) in [4.78, 5) is 16.3. The van der Waals surface area contributed by atoms with Gasteiger partial charge in [-0.05, 0) is 38.1 Å². The van der Waals surface area contributed by atoms with Crippen LogP contribution in [-0.4, -0.2) is 44.2 Å². The lowest BCUT2D eigenvalue weighted by molar-refractivity contribution is 0.0512. The first-order valence-electron chi connectivity index (χ1n) is 8.19. The van der Waals surface area contributed by atoms with Crippen LogP contribution in [0.5, 0.6) is 0 Å². The van der Waals surface area contributed by atoms with E-state index in [0.29, 0.717) is 24.5 Å². The summed E-state index contributed by atoms with van der Waals surface area (Å²) in [5.74, 6) is 0.629. The number of nitrogens with one attached hydrogen (secondary N) is 2. The van der Waals surface area contributed by atoms with Crippen LogP contribution in [0.25, 0.3) is 11.3 Å². The highest BCUT2D eigenvalue weighted by atomic mass is 16.5. The number of amides is 1. The quantitative estimate of drug-likeness (QED) is 0.849. The van der Waals surface area contributed by atoms with Gasteiger partial charge in [0.1, 0.15) is 0 Å². The molecule has 0 atom stereocenters. The Bertz CT molecular complexity index is 641. The molecule has 0 radical (unpaired) electrons. The maximum atomic E-state index is 12.4. The smallest absolute Gasteiger partial charge is 0.251 e. The van der Waals surface area contributed by atoms with Gasteiger partial charge in [-0.3, -0.25) is 4.79 Å². The van der Waals surface area contributed by atoms with Crippen LogP contribution in [0.15, 0.2) is 41.3 Å². The van der Waals surface area contributed by atoms with E-state index in [1.165, 1.54) is 6.39 Å². The number of oxazole rings is 1. The number of nitrogens with zero attached hydrogens (tertiary/aromatic N) is 1. The molecule has 1 aromatic heterocycles. The van der Waals surface area contributed by atoms with Crippen molar-refractivity contribution in [3.05, 3.63) is 42.4 Å². The zero-order chi connectivity index (χ0) is 16.8. The van der Waals surface area contributed by atoms with Crippen molar-refractivity contribution >= 4 is 5.91 Å². The van der Waals surface area contributed by atoms with Crippen molar-refractivity contribution in [2.75, 3.05) is 33.4 Å². The van der Waals surface area contributed by atoms with E-state index in [4.69, 9.17) is 9.15 Å². The summed E-state index contributed by atoms with van der Waals surface area (Å²) >= 11 is 0. The minimum Gasteiger partial charge on any atom is -0.444 e. The Kier molecular flexibility index (Phi) is 5.27. The van der Waals surface area contributed by atoms with E-state index in [0.717, 1.165) is 31.5 Å². The third-order valence-corrected chi connectivity index (χ3v) is 4.60. The Morgan fingerprint density at radius 3 is 2.71 bits per heavy atom. The Labute approximate surface area is 141 Å². The fourth-order valence-corrected chi connectivity index (χ4v) is 3.15. The summed E-state index contributed by atoms with van der Waals surface area (Å²) in [5, 5.41) is 6.42. The summed E-state index contributed by atoms with van der Waals surface area (Å²) in [5.41, 5.74) is 1.56. The standard InChI is InChI=1S/C18H23N3O3/c1-23-12-18(6-8-19-9-7-18)11-21-17(22)15-4-2-14(3-5-15)16-10-20-13-24-16/h2-5,10,13,19H,6-9,11-12H2,1H3,(H,21,22). The fourth-order valence-electron chi connectivity index (χ4n) is 3.15. The lowest BCUT2D eigenvalue weighted by Gasteiger charge is -2.37. The Balaban J connectivity index is 1.62. The van der Waals surface area contributed by atoms with Crippen LogP contribution >= 0.6 is 0 Å². The van der Waals surface area contributed by atoms with E-state index in [9.17, 15) is 4.79 Å². The summed E-state index contributed by atoms with van der Waals surface area (Å²) in [6.07, 6.45) is 5.06. The topological polar surface area (TPSA) is 76.4 Å². The van der Waals surface area contributed by atoms with Gasteiger partial charge < -0.3 is 19.8 Å². The molecular formula is C18H23N3O3. The van der Waals surface area contributed by atoms with E-state index in [1.807, 2.05) is 12.1 Å². The van der Waals surface area contributed by atoms with E-state index in [2.05, 4.69) is 15.6 Å². The van der Waals surface area contributed by atoms with Crippen molar-refractivity contribution in [1.82, 2.24) is 15.6 Å². The van der Waals surface area contributed by atoms with Crippen molar-refractivity contribution in [3.8, 4) is 11.3 Å². The first kappa shape index (κ1) is 16.7. The van der Waals surface area contributed by atoms with Gasteiger partial charge >= 0.3 is 0 Å². The third kappa shape index (κ3) is 3.83. The molecule has 6 heteroatoms. The van der Waals surface area contributed by atoms with E-state index in [-0.39, 0.29) is 11.3 Å². The van der Waals surface area contributed by atoms with Gasteiger partial charge in [0.25, 0.3) is 5.91 Å². The largest absolute Gasteiger partial charge is 0.444 e. The molecule has 0 unspecified atom stereocenters. The number of hydrogen-bond acceptors (Lipinski definition) is 5. The SMILES string of the molecule is COCC1(CNC(=O)c2ccc(-c3cnco3)cc2)CCNCC1. The number of carbonyl (C=O) groups excluding carboxylic acids is 1. The van der Waals surface area contributed by atoms with Gasteiger partial charge in [-0.2, -0.15) is 0 Å². The molecule has 1 saturated heterocycles. The van der Waals surface area contributed by atoms with Gasteiger partial charge in [-0.1, -0.05) is 12.1 Å². The third-order valence-electron chi connectivity index (χ3n) is 4.60. The molecule has 0 saturated carbocycles. The monoisotopic (exact) mass is 329 g/mol. The van der Waals surface area contributed by atoms with E-state index in [1.54, 1.807) is 25.4 Å². The van der Waals surface area contributed by atoms with Crippen LogP contribution in [0.3, 0.4) is 0 Å². The predicted molar refractivity (Wildman–Crippen MR) is 90.7 cm³/mol. The van der Waals surface area contributed by atoms with Gasteiger partial charge in [0, 0.05) is 30.2 Å². The van der Waals surface area contributed by atoms with Crippen LogP contribution in [0.4, 0.5) is 0 Å². The Morgan fingerprint density at radius 1 is 1.33 bits per heavy atom. The molecule has 0 aliphatic carbocycles. The van der Waals surface area contributed by atoms with Crippen LogP contribution in [0, 0.1) is 5.41 Å². The summed E-state index contributed by atoms with van der Waals surface area (Å²) in [6.45, 7) is 3.22. The molecule has 1 aliphatic rings. The molecule has 0 spiro atoms. The summed E-state index contributed by atoms with van der Waals surface area (Å²) < 4.78 is 10.6. The zero-order valence-electron chi connectivity index (χ0n) is 13.9. The van der Waals surface area contributed by atoms with E-state index >= 15 is 0 Å². The molecule has 0 bridgehead atoms. The van der Waals surface area contributed by atoms with Crippen molar-refractivity contribution in [2.24, 2.45) is 5.41 Å². The second kappa shape index (κ2) is 7.59. The number of carbonyl (C=O) groups is 1. The normalized spacial score (nSPS) is 16.7. The average Bonchev–Trinajstić information content (AvgIpc) is 3.16.